The van der Waals surface area contributed by atoms with E-state index in [4.69, 9.17) is 4.74 Å². The van der Waals surface area contributed by atoms with Crippen molar-refractivity contribution in [3.8, 4) is 0 Å². The Morgan fingerprint density at radius 1 is 1.60 bits per heavy atom. The molecule has 0 amide bonds. The van der Waals surface area contributed by atoms with Crippen LogP contribution in [0.2, 0.25) is 0 Å². The Morgan fingerprint density at radius 3 is 2.80 bits per heavy atom. The van der Waals surface area contributed by atoms with Gasteiger partial charge in [0.1, 0.15) is 6.10 Å². The molecular weight excluding hydrogens is 276 g/mol. The molecule has 1 heterocycles. The lowest BCUT2D eigenvalue weighted by atomic mass is 10.1. The Hall–Kier alpha value is -0.190. The third-order valence-corrected chi connectivity index (χ3v) is 3.90. The molecule has 0 aliphatic heterocycles. The predicted molar refractivity (Wildman–Crippen MR) is 66.7 cm³/mol. The van der Waals surface area contributed by atoms with Gasteiger partial charge in [0.05, 0.1) is 4.88 Å². The summed E-state index contributed by atoms with van der Waals surface area (Å²) >= 11 is 4.83. The van der Waals surface area contributed by atoms with Crippen molar-refractivity contribution in [1.29, 1.82) is 0 Å². The van der Waals surface area contributed by atoms with Crippen LogP contribution in [0.3, 0.4) is 0 Å². The van der Waals surface area contributed by atoms with Crippen molar-refractivity contribution >= 4 is 33.0 Å². The van der Waals surface area contributed by atoms with Crippen molar-refractivity contribution in [2.75, 3.05) is 6.61 Å². The molecule has 0 saturated carbocycles. The van der Waals surface area contributed by atoms with Crippen molar-refractivity contribution in [3.63, 3.8) is 0 Å². The van der Waals surface area contributed by atoms with E-state index >= 15 is 0 Å². The zero-order chi connectivity index (χ0) is 11.3. The van der Waals surface area contributed by atoms with E-state index in [-0.39, 0.29) is 11.9 Å². The van der Waals surface area contributed by atoms with Crippen molar-refractivity contribution in [2.24, 2.45) is 0 Å². The fourth-order valence-corrected chi connectivity index (χ4v) is 2.92. The molecule has 1 rings (SSSR count). The lowest BCUT2D eigenvalue weighted by Crippen LogP contribution is -2.23. The van der Waals surface area contributed by atoms with Crippen LogP contribution in [-0.2, 0) is 4.74 Å². The summed E-state index contributed by atoms with van der Waals surface area (Å²) < 4.78 is 6.33. The van der Waals surface area contributed by atoms with Crippen molar-refractivity contribution < 1.29 is 9.53 Å². The molecule has 0 aromatic carbocycles. The zero-order valence-corrected chi connectivity index (χ0v) is 11.4. The summed E-state index contributed by atoms with van der Waals surface area (Å²) in [5.74, 6) is 0.0978. The standard InChI is InChI=1S/C11H15BrO2S/c1-3-5-9(14-4-2)10(13)11-8(12)6-7-15-11/h6-7,9H,3-5H2,1-2H3. The summed E-state index contributed by atoms with van der Waals surface area (Å²) in [5.41, 5.74) is 0. The average molecular weight is 291 g/mol. The van der Waals surface area contributed by atoms with Crippen LogP contribution >= 0.6 is 27.3 Å². The lowest BCUT2D eigenvalue weighted by Gasteiger charge is -2.14. The molecule has 0 radical (unpaired) electrons. The minimum atomic E-state index is -0.282. The largest absolute Gasteiger partial charge is 0.370 e. The zero-order valence-electron chi connectivity index (χ0n) is 8.96. The first-order chi connectivity index (χ1) is 7.20. The molecule has 0 N–H and O–H groups in total. The maximum Gasteiger partial charge on any atom is 0.202 e. The first-order valence-corrected chi connectivity index (χ1v) is 6.76. The van der Waals surface area contributed by atoms with Gasteiger partial charge in [0.2, 0.25) is 5.78 Å². The number of ether oxygens (including phenoxy) is 1. The van der Waals surface area contributed by atoms with Crippen LogP contribution in [-0.4, -0.2) is 18.5 Å². The second-order valence-corrected chi connectivity index (χ2v) is 4.97. The van der Waals surface area contributed by atoms with Crippen LogP contribution in [0, 0.1) is 0 Å². The number of hydrogen-bond donors (Lipinski definition) is 0. The van der Waals surface area contributed by atoms with Crippen LogP contribution in [0.1, 0.15) is 36.4 Å². The number of Topliss-reactive ketones (excluding diaryl/α,β-unsaturated/α-hetero) is 1. The number of ketones is 1. The van der Waals surface area contributed by atoms with Gasteiger partial charge >= 0.3 is 0 Å². The summed E-state index contributed by atoms with van der Waals surface area (Å²) in [5, 5.41) is 1.91. The van der Waals surface area contributed by atoms with Crippen LogP contribution in [0.4, 0.5) is 0 Å². The number of thiophene rings is 1. The van der Waals surface area contributed by atoms with Crippen LogP contribution in [0.25, 0.3) is 0 Å². The van der Waals surface area contributed by atoms with Gasteiger partial charge in [0.25, 0.3) is 0 Å². The number of carbonyl (C=O) groups is 1. The number of hydrogen-bond acceptors (Lipinski definition) is 3. The molecule has 0 saturated heterocycles. The highest BCUT2D eigenvalue weighted by Crippen LogP contribution is 2.25. The van der Waals surface area contributed by atoms with Gasteiger partial charge in [-0.3, -0.25) is 4.79 Å². The molecule has 0 aliphatic carbocycles. The molecule has 1 aromatic heterocycles. The average Bonchev–Trinajstić information content (AvgIpc) is 2.63. The maximum absolute atomic E-state index is 12.1. The van der Waals surface area contributed by atoms with E-state index in [2.05, 4.69) is 22.9 Å². The summed E-state index contributed by atoms with van der Waals surface area (Å²) in [6.45, 7) is 4.56. The fraction of sp³-hybridized carbons (Fsp3) is 0.545. The molecule has 1 atom stereocenters. The van der Waals surface area contributed by atoms with E-state index in [1.165, 1.54) is 11.3 Å². The molecule has 4 heteroatoms. The van der Waals surface area contributed by atoms with Gasteiger partial charge in [-0.25, -0.2) is 0 Å². The van der Waals surface area contributed by atoms with Crippen molar-refractivity contribution in [1.82, 2.24) is 0 Å². The van der Waals surface area contributed by atoms with Crippen LogP contribution in [0.15, 0.2) is 15.9 Å². The molecule has 1 unspecified atom stereocenters. The molecule has 0 fully saturated rings. The predicted octanol–water partition coefficient (Wildman–Crippen LogP) is 3.90. The van der Waals surface area contributed by atoms with E-state index in [0.29, 0.717) is 6.61 Å². The first-order valence-electron chi connectivity index (χ1n) is 5.09. The number of carbonyl (C=O) groups excluding carboxylic acids is 1. The molecule has 15 heavy (non-hydrogen) atoms. The Kier molecular flexibility index (Phi) is 5.50. The molecule has 2 nitrogen and oxygen atoms in total. The van der Waals surface area contributed by atoms with Gasteiger partial charge in [-0.2, -0.15) is 0 Å². The highest BCUT2D eigenvalue weighted by molar-refractivity contribution is 9.10. The SMILES string of the molecule is CCCC(OCC)C(=O)c1sccc1Br. The van der Waals surface area contributed by atoms with Crippen molar-refractivity contribution in [3.05, 3.63) is 20.8 Å². The molecule has 84 valence electrons. The van der Waals surface area contributed by atoms with Crippen LogP contribution < -0.4 is 0 Å². The van der Waals surface area contributed by atoms with Gasteiger partial charge in [-0.1, -0.05) is 13.3 Å². The third-order valence-electron chi connectivity index (χ3n) is 2.05. The van der Waals surface area contributed by atoms with Crippen LogP contribution in [0.5, 0.6) is 0 Å². The quantitative estimate of drug-likeness (QED) is 0.743. The summed E-state index contributed by atoms with van der Waals surface area (Å²) in [6, 6.07) is 1.90. The summed E-state index contributed by atoms with van der Waals surface area (Å²) in [6.07, 6.45) is 1.46. The van der Waals surface area contributed by atoms with Gasteiger partial charge in [0, 0.05) is 11.1 Å². The third kappa shape index (κ3) is 3.40. The van der Waals surface area contributed by atoms with E-state index < -0.39 is 0 Å². The van der Waals surface area contributed by atoms with Gasteiger partial charge in [-0.05, 0) is 40.7 Å². The minimum absolute atomic E-state index is 0.0978. The fourth-order valence-electron chi connectivity index (χ4n) is 1.37. The second-order valence-electron chi connectivity index (χ2n) is 3.19. The molecule has 1 aromatic rings. The van der Waals surface area contributed by atoms with Crippen molar-refractivity contribution in [2.45, 2.75) is 32.8 Å². The van der Waals surface area contributed by atoms with Gasteiger partial charge < -0.3 is 4.74 Å². The Morgan fingerprint density at radius 2 is 2.33 bits per heavy atom. The summed E-state index contributed by atoms with van der Waals surface area (Å²) in [7, 11) is 0. The Balaban J connectivity index is 2.76. The topological polar surface area (TPSA) is 26.3 Å². The Labute approximate surface area is 103 Å². The minimum Gasteiger partial charge on any atom is -0.370 e. The van der Waals surface area contributed by atoms with E-state index in [1.807, 2.05) is 18.4 Å². The van der Waals surface area contributed by atoms with E-state index in [1.54, 1.807) is 0 Å². The van der Waals surface area contributed by atoms with E-state index in [0.717, 1.165) is 22.2 Å². The van der Waals surface area contributed by atoms with Gasteiger partial charge in [-0.15, -0.1) is 11.3 Å². The highest BCUT2D eigenvalue weighted by atomic mass is 79.9. The number of halogens is 1. The molecule has 0 bridgehead atoms. The normalized spacial score (nSPS) is 12.7. The van der Waals surface area contributed by atoms with Gasteiger partial charge in [0.15, 0.2) is 0 Å². The highest BCUT2D eigenvalue weighted by Gasteiger charge is 2.22. The summed E-state index contributed by atoms with van der Waals surface area (Å²) in [4.78, 5) is 12.8. The maximum atomic E-state index is 12.1. The Bertz CT molecular complexity index is 316. The smallest absolute Gasteiger partial charge is 0.202 e. The monoisotopic (exact) mass is 290 g/mol. The molecular formula is C11H15BrO2S. The lowest BCUT2D eigenvalue weighted by molar-refractivity contribution is 0.0426. The number of rotatable bonds is 6. The first kappa shape index (κ1) is 12.9. The molecule has 0 spiro atoms. The van der Waals surface area contributed by atoms with E-state index in [9.17, 15) is 4.79 Å². The second kappa shape index (κ2) is 6.40. The molecule has 0 aliphatic rings.